The number of hydrogen-bond acceptors (Lipinski definition) is 14. The van der Waals surface area contributed by atoms with Gasteiger partial charge in [0.05, 0.1) is 43.4 Å². The van der Waals surface area contributed by atoms with Crippen molar-refractivity contribution in [3.05, 3.63) is 149 Å². The number of carbonyl (C=O) groups is 5. The van der Waals surface area contributed by atoms with Crippen molar-refractivity contribution in [2.24, 2.45) is 11.7 Å². The van der Waals surface area contributed by atoms with E-state index in [1.807, 2.05) is 70.5 Å². The average molecular weight is 935 g/mol. The highest BCUT2D eigenvalue weighted by molar-refractivity contribution is 6.23. The number of hydrogen-bond donors (Lipinski definition) is 3. The van der Waals surface area contributed by atoms with Crippen LogP contribution in [0.25, 0.3) is 0 Å². The van der Waals surface area contributed by atoms with E-state index in [2.05, 4.69) is 27.1 Å². The van der Waals surface area contributed by atoms with E-state index in [0.29, 0.717) is 41.5 Å². The Bertz CT molecular complexity index is 2770. The Morgan fingerprint density at radius 1 is 0.841 bits per heavy atom. The highest BCUT2D eigenvalue weighted by Gasteiger charge is 2.76. The molecule has 0 unspecified atom stereocenters. The summed E-state index contributed by atoms with van der Waals surface area (Å²) in [5.41, 5.74) is 5.82. The van der Waals surface area contributed by atoms with Crippen molar-refractivity contribution >= 4 is 41.5 Å². The molecular formula is C51H50N8O10. The number of fused-ring (bicyclic) bond motifs is 3. The maximum Gasteiger partial charge on any atom is 0.421 e. The Balaban J connectivity index is 1.32. The fourth-order valence-corrected chi connectivity index (χ4v) is 10.2. The highest BCUT2D eigenvalue weighted by atomic mass is 16.6. The number of primary amides is 1. The molecule has 0 bridgehead atoms. The van der Waals surface area contributed by atoms with E-state index in [-0.39, 0.29) is 57.3 Å². The van der Waals surface area contributed by atoms with Gasteiger partial charge >= 0.3 is 18.1 Å². The van der Waals surface area contributed by atoms with E-state index in [1.165, 1.54) is 7.11 Å². The van der Waals surface area contributed by atoms with Gasteiger partial charge in [0.1, 0.15) is 36.5 Å². The molecule has 354 valence electrons. The molecule has 3 fully saturated rings. The molecule has 0 aliphatic carbocycles. The standard InChI is InChI=1S/C51H50N8O10/c1-66-29-30-68-50(65)58-39-19-18-33(11-9-20-53-48(52)64)31-38(39)51(47(58)63)40(45(61)56-23-25-57(26-24-56)49-54-21-10-22-55-49)42-46(62)69-43(35-14-6-3-7-15-35)41(34-12-4-2-5-13-34)59(42)44(51)36-16-8-17-37(32-36)67-28-27-60/h2-8,10,12-19,21-22,31-32,40-44,60H,20,23-30H2,1H3,(H3,52,53,64)/t40-,41-,42-,43+,44+,51-/m1/s1. The first-order valence-corrected chi connectivity index (χ1v) is 22.6. The van der Waals surface area contributed by atoms with Gasteiger partial charge in [-0.3, -0.25) is 19.3 Å². The van der Waals surface area contributed by atoms with Crippen molar-refractivity contribution in [2.45, 2.75) is 29.6 Å². The van der Waals surface area contributed by atoms with Crippen molar-refractivity contribution in [1.82, 2.24) is 25.1 Å². The van der Waals surface area contributed by atoms with Crippen molar-refractivity contribution in [3.63, 3.8) is 0 Å². The largest absolute Gasteiger partial charge is 0.491 e. The summed E-state index contributed by atoms with van der Waals surface area (Å²) in [6, 6.07) is 28.0. The molecule has 5 heterocycles. The molecule has 5 amide bonds. The normalized spacial score (nSPS) is 22.8. The topological polar surface area (TPSA) is 219 Å². The highest BCUT2D eigenvalue weighted by Crippen LogP contribution is 2.66. The van der Waals surface area contributed by atoms with Crippen LogP contribution in [0.2, 0.25) is 0 Å². The number of piperazine rings is 1. The lowest BCUT2D eigenvalue weighted by Gasteiger charge is -2.46. The van der Waals surface area contributed by atoms with Crippen LogP contribution in [0.1, 0.15) is 46.0 Å². The molecule has 0 saturated carbocycles. The number of benzene rings is 4. The minimum atomic E-state index is -2.09. The van der Waals surface area contributed by atoms with E-state index in [0.717, 1.165) is 10.5 Å². The monoisotopic (exact) mass is 934 g/mol. The molecule has 4 aliphatic heterocycles. The van der Waals surface area contributed by atoms with Crippen LogP contribution in [0.5, 0.6) is 5.75 Å². The SMILES string of the molecule is COCCOC(=O)N1C(=O)[C@@]2(c3cc(C#CCNC(N)=O)ccc31)[C@H](c1cccc(OCCO)c1)N1[C@H](c3ccccc3)[C@H](c3ccccc3)OC(=O)[C@H]1[C@@H]2C(=O)N1CCN(c2ncccn2)CC1. The Kier molecular flexibility index (Phi) is 13.5. The second-order valence-corrected chi connectivity index (χ2v) is 16.8. The number of aliphatic hydroxyl groups is 1. The Labute approximate surface area is 397 Å². The second-order valence-electron chi connectivity index (χ2n) is 16.8. The smallest absolute Gasteiger partial charge is 0.421 e. The first kappa shape index (κ1) is 46.3. The van der Waals surface area contributed by atoms with Crippen LogP contribution in [-0.2, 0) is 34.0 Å². The second kappa shape index (κ2) is 20.2. The lowest BCUT2D eigenvalue weighted by atomic mass is 9.64. The fraction of sp³-hybridized carbons (Fsp3) is 0.314. The number of cyclic esters (lactones) is 1. The van der Waals surface area contributed by atoms with E-state index < -0.39 is 65.5 Å². The number of urea groups is 1. The molecule has 6 atom stereocenters. The summed E-state index contributed by atoms with van der Waals surface area (Å²) in [4.78, 5) is 89.6. The van der Waals surface area contributed by atoms with Crippen LogP contribution < -0.4 is 25.6 Å². The number of nitrogens with zero attached hydrogens (tertiary/aromatic N) is 6. The van der Waals surface area contributed by atoms with E-state index in [9.17, 15) is 14.7 Å². The maximum absolute atomic E-state index is 16.5. The number of imide groups is 1. The van der Waals surface area contributed by atoms with Crippen LogP contribution in [0.15, 0.2) is 122 Å². The van der Waals surface area contributed by atoms with Crippen LogP contribution in [0.4, 0.5) is 21.2 Å². The van der Waals surface area contributed by atoms with Crippen molar-refractivity contribution in [3.8, 4) is 17.6 Å². The lowest BCUT2D eigenvalue weighted by Crippen LogP contribution is -2.59. The fourth-order valence-electron chi connectivity index (χ4n) is 10.2. The van der Waals surface area contributed by atoms with Crippen molar-refractivity contribution < 1.29 is 48.0 Å². The number of methoxy groups -OCH3 is 1. The number of aliphatic hydroxyl groups excluding tert-OH is 1. The number of ether oxygens (including phenoxy) is 4. The van der Waals surface area contributed by atoms with Gasteiger partial charge in [-0.15, -0.1) is 0 Å². The Morgan fingerprint density at radius 3 is 2.25 bits per heavy atom. The number of carbonyl (C=O) groups excluding carboxylic acids is 5. The number of nitrogens with two attached hydrogens (primary N) is 1. The molecule has 3 saturated heterocycles. The zero-order valence-electron chi connectivity index (χ0n) is 37.7. The molecule has 5 aromatic rings. The molecule has 9 rings (SSSR count). The summed E-state index contributed by atoms with van der Waals surface area (Å²) >= 11 is 0. The lowest BCUT2D eigenvalue weighted by molar-refractivity contribution is -0.179. The van der Waals surface area contributed by atoms with Gasteiger partial charge in [0, 0.05) is 51.2 Å². The van der Waals surface area contributed by atoms with Crippen LogP contribution in [0.3, 0.4) is 0 Å². The summed E-state index contributed by atoms with van der Waals surface area (Å²) in [5, 5.41) is 12.3. The minimum Gasteiger partial charge on any atom is -0.491 e. The first-order valence-electron chi connectivity index (χ1n) is 22.6. The molecule has 4 N–H and O–H groups in total. The molecule has 69 heavy (non-hydrogen) atoms. The van der Waals surface area contributed by atoms with E-state index in [4.69, 9.17) is 24.7 Å². The van der Waals surface area contributed by atoms with Gasteiger partial charge in [0.15, 0.2) is 0 Å². The molecule has 4 aliphatic rings. The molecular weight excluding hydrogens is 885 g/mol. The number of aromatic nitrogens is 2. The third-order valence-corrected chi connectivity index (χ3v) is 13.0. The number of anilines is 2. The quantitative estimate of drug-likeness (QED) is 0.0925. The third-order valence-electron chi connectivity index (χ3n) is 13.0. The van der Waals surface area contributed by atoms with E-state index in [1.54, 1.807) is 65.8 Å². The van der Waals surface area contributed by atoms with Crippen molar-refractivity contribution in [1.29, 1.82) is 0 Å². The average Bonchev–Trinajstić information content (AvgIpc) is 3.84. The maximum atomic E-state index is 16.5. The molecule has 18 heteroatoms. The number of nitrogens with one attached hydrogen (secondary N) is 1. The van der Waals surface area contributed by atoms with Crippen LogP contribution >= 0.6 is 0 Å². The predicted molar refractivity (Wildman–Crippen MR) is 249 cm³/mol. The zero-order valence-corrected chi connectivity index (χ0v) is 37.7. The molecule has 4 aromatic carbocycles. The Hall–Kier alpha value is -7.85. The third kappa shape index (κ3) is 8.67. The van der Waals surface area contributed by atoms with Crippen molar-refractivity contribution in [2.75, 3.05) is 76.1 Å². The van der Waals surface area contributed by atoms with Gasteiger partial charge in [-0.1, -0.05) is 84.6 Å². The van der Waals surface area contributed by atoms with Gasteiger partial charge in [0.25, 0.3) is 0 Å². The van der Waals surface area contributed by atoms with Gasteiger partial charge in [-0.25, -0.2) is 24.5 Å². The molecule has 0 radical (unpaired) electrons. The molecule has 1 spiro atoms. The van der Waals surface area contributed by atoms with Gasteiger partial charge in [0.2, 0.25) is 17.8 Å². The zero-order chi connectivity index (χ0) is 48.1. The van der Waals surface area contributed by atoms with Crippen LogP contribution in [-0.4, -0.2) is 127 Å². The number of rotatable bonds is 12. The first-order chi connectivity index (χ1) is 33.7. The number of amides is 5. The summed E-state index contributed by atoms with van der Waals surface area (Å²) in [5.74, 6) is 3.15. The summed E-state index contributed by atoms with van der Waals surface area (Å²) in [6.45, 7) is 0.451. The van der Waals surface area contributed by atoms with Gasteiger partial charge < -0.3 is 44.9 Å². The summed E-state index contributed by atoms with van der Waals surface area (Å²) in [6.07, 6.45) is 1.32. The van der Waals surface area contributed by atoms with E-state index >= 15 is 14.4 Å². The van der Waals surface area contributed by atoms with Gasteiger partial charge in [-0.05, 0) is 58.7 Å². The van der Waals surface area contributed by atoms with Gasteiger partial charge in [-0.2, -0.15) is 0 Å². The summed E-state index contributed by atoms with van der Waals surface area (Å²) in [7, 11) is 1.45. The molecule has 1 aromatic heterocycles. The summed E-state index contributed by atoms with van der Waals surface area (Å²) < 4.78 is 23.5. The number of esters is 1. The molecule has 18 nitrogen and oxygen atoms in total. The minimum absolute atomic E-state index is 0.0331. The van der Waals surface area contributed by atoms with Crippen LogP contribution in [0, 0.1) is 17.8 Å². The Morgan fingerprint density at radius 2 is 1.55 bits per heavy atom. The number of morpholine rings is 1. The predicted octanol–water partition coefficient (Wildman–Crippen LogP) is 3.66.